The molecule has 0 saturated heterocycles. The first-order valence-corrected chi connectivity index (χ1v) is 4.50. The highest BCUT2D eigenvalue weighted by atomic mass is 16.5. The third kappa shape index (κ3) is 2.05. The van der Waals surface area contributed by atoms with Gasteiger partial charge in [-0.1, -0.05) is 5.92 Å². The SMILES string of the molecule is C#CC(C)(C)c1cc(C)nc(OC)c1. The zero-order chi connectivity index (χ0) is 10.8. The topological polar surface area (TPSA) is 22.1 Å². The van der Waals surface area contributed by atoms with Crippen LogP contribution in [0.3, 0.4) is 0 Å². The molecule has 1 aromatic heterocycles. The second-order valence-electron chi connectivity index (χ2n) is 3.81. The number of hydrogen-bond acceptors (Lipinski definition) is 2. The fourth-order valence-corrected chi connectivity index (χ4v) is 1.19. The van der Waals surface area contributed by atoms with Crippen molar-refractivity contribution in [3.05, 3.63) is 23.4 Å². The van der Waals surface area contributed by atoms with E-state index >= 15 is 0 Å². The Morgan fingerprint density at radius 1 is 1.43 bits per heavy atom. The molecule has 0 aromatic carbocycles. The summed E-state index contributed by atoms with van der Waals surface area (Å²) in [5.74, 6) is 3.37. The van der Waals surface area contributed by atoms with E-state index in [1.54, 1.807) is 7.11 Å². The summed E-state index contributed by atoms with van der Waals surface area (Å²) in [5, 5.41) is 0. The smallest absolute Gasteiger partial charge is 0.213 e. The Morgan fingerprint density at radius 2 is 2.07 bits per heavy atom. The lowest BCUT2D eigenvalue weighted by atomic mass is 9.86. The van der Waals surface area contributed by atoms with Crippen molar-refractivity contribution in [2.24, 2.45) is 0 Å². The van der Waals surface area contributed by atoms with E-state index in [2.05, 4.69) is 10.9 Å². The van der Waals surface area contributed by atoms with E-state index < -0.39 is 0 Å². The number of methoxy groups -OCH3 is 1. The highest BCUT2D eigenvalue weighted by Gasteiger charge is 2.18. The molecule has 0 saturated carbocycles. The monoisotopic (exact) mass is 189 g/mol. The highest BCUT2D eigenvalue weighted by molar-refractivity contribution is 5.36. The fourth-order valence-electron chi connectivity index (χ4n) is 1.19. The molecular weight excluding hydrogens is 174 g/mol. The van der Waals surface area contributed by atoms with Gasteiger partial charge in [0.25, 0.3) is 0 Å². The van der Waals surface area contributed by atoms with Gasteiger partial charge in [0.1, 0.15) is 0 Å². The molecule has 0 fully saturated rings. The standard InChI is InChI=1S/C12H15NO/c1-6-12(3,4)10-7-9(2)13-11(8-10)14-5/h1,7-8H,2-5H3. The molecule has 0 amide bonds. The number of ether oxygens (including phenoxy) is 1. The number of terminal acetylenes is 1. The molecule has 0 radical (unpaired) electrons. The summed E-state index contributed by atoms with van der Waals surface area (Å²) in [4.78, 5) is 4.21. The van der Waals surface area contributed by atoms with Crippen LogP contribution >= 0.6 is 0 Å². The molecule has 74 valence electrons. The summed E-state index contributed by atoms with van der Waals surface area (Å²) in [6, 6.07) is 3.87. The van der Waals surface area contributed by atoms with Crippen molar-refractivity contribution in [2.75, 3.05) is 7.11 Å². The van der Waals surface area contributed by atoms with Crippen LogP contribution in [-0.2, 0) is 5.41 Å². The van der Waals surface area contributed by atoms with Gasteiger partial charge < -0.3 is 4.74 Å². The third-order valence-corrected chi connectivity index (χ3v) is 2.22. The summed E-state index contributed by atoms with van der Waals surface area (Å²) >= 11 is 0. The summed E-state index contributed by atoms with van der Waals surface area (Å²) in [7, 11) is 1.61. The first-order chi connectivity index (χ1) is 6.49. The Hall–Kier alpha value is -1.49. The molecule has 0 aliphatic rings. The Morgan fingerprint density at radius 3 is 2.57 bits per heavy atom. The van der Waals surface area contributed by atoms with Crippen LogP contribution in [0.15, 0.2) is 12.1 Å². The number of aromatic nitrogens is 1. The van der Waals surface area contributed by atoms with Gasteiger partial charge in [-0.25, -0.2) is 4.98 Å². The zero-order valence-electron chi connectivity index (χ0n) is 9.09. The van der Waals surface area contributed by atoms with Crippen LogP contribution in [0.25, 0.3) is 0 Å². The largest absolute Gasteiger partial charge is 0.481 e. The van der Waals surface area contributed by atoms with Gasteiger partial charge in [-0.15, -0.1) is 6.42 Å². The van der Waals surface area contributed by atoms with E-state index in [1.807, 2.05) is 32.9 Å². The van der Waals surface area contributed by atoms with Crippen molar-refractivity contribution in [3.63, 3.8) is 0 Å². The van der Waals surface area contributed by atoms with E-state index in [0.29, 0.717) is 5.88 Å². The lowest BCUT2D eigenvalue weighted by molar-refractivity contribution is 0.395. The van der Waals surface area contributed by atoms with E-state index in [0.717, 1.165) is 11.3 Å². The zero-order valence-corrected chi connectivity index (χ0v) is 9.09. The molecule has 0 bridgehead atoms. The van der Waals surface area contributed by atoms with Crippen molar-refractivity contribution in [3.8, 4) is 18.2 Å². The van der Waals surface area contributed by atoms with Crippen LogP contribution in [0.1, 0.15) is 25.1 Å². The first-order valence-electron chi connectivity index (χ1n) is 4.50. The van der Waals surface area contributed by atoms with E-state index in [-0.39, 0.29) is 5.41 Å². The molecule has 0 aliphatic heterocycles. The van der Waals surface area contributed by atoms with Crippen LogP contribution < -0.4 is 4.74 Å². The maximum Gasteiger partial charge on any atom is 0.213 e. The van der Waals surface area contributed by atoms with Crippen LogP contribution in [0.4, 0.5) is 0 Å². The van der Waals surface area contributed by atoms with E-state index in [9.17, 15) is 0 Å². The van der Waals surface area contributed by atoms with Gasteiger partial charge in [-0.05, 0) is 32.4 Å². The summed E-state index contributed by atoms with van der Waals surface area (Å²) in [6.07, 6.45) is 5.47. The van der Waals surface area contributed by atoms with Crippen molar-refractivity contribution < 1.29 is 4.74 Å². The molecule has 2 nitrogen and oxygen atoms in total. The fraction of sp³-hybridized carbons (Fsp3) is 0.417. The molecule has 2 heteroatoms. The molecule has 14 heavy (non-hydrogen) atoms. The Kier molecular flexibility index (Phi) is 2.81. The van der Waals surface area contributed by atoms with Gasteiger partial charge >= 0.3 is 0 Å². The van der Waals surface area contributed by atoms with Gasteiger partial charge in [-0.2, -0.15) is 0 Å². The number of pyridine rings is 1. The van der Waals surface area contributed by atoms with Gasteiger partial charge in [0.05, 0.1) is 12.5 Å². The quantitative estimate of drug-likeness (QED) is 0.666. The average molecular weight is 189 g/mol. The maximum atomic E-state index is 5.47. The van der Waals surface area contributed by atoms with Crippen molar-refractivity contribution in [2.45, 2.75) is 26.2 Å². The van der Waals surface area contributed by atoms with E-state index in [1.165, 1.54) is 0 Å². The molecule has 1 aromatic rings. The van der Waals surface area contributed by atoms with Crippen molar-refractivity contribution in [1.29, 1.82) is 0 Å². The molecule has 1 rings (SSSR count). The van der Waals surface area contributed by atoms with Gasteiger partial charge in [0.15, 0.2) is 0 Å². The Balaban J connectivity index is 3.24. The molecule has 0 unspecified atom stereocenters. The normalized spacial score (nSPS) is 10.8. The minimum atomic E-state index is -0.277. The lowest BCUT2D eigenvalue weighted by Gasteiger charge is -2.18. The lowest BCUT2D eigenvalue weighted by Crippen LogP contribution is -2.14. The third-order valence-electron chi connectivity index (χ3n) is 2.22. The number of hydrogen-bond donors (Lipinski definition) is 0. The first kappa shape index (κ1) is 10.6. The number of nitrogens with zero attached hydrogens (tertiary/aromatic N) is 1. The molecule has 0 spiro atoms. The van der Waals surface area contributed by atoms with Crippen LogP contribution in [0.5, 0.6) is 5.88 Å². The summed E-state index contributed by atoms with van der Waals surface area (Å²) in [5.41, 5.74) is 1.70. The highest BCUT2D eigenvalue weighted by Crippen LogP contribution is 2.25. The van der Waals surface area contributed by atoms with Crippen LogP contribution in [0.2, 0.25) is 0 Å². The molecule has 0 aliphatic carbocycles. The minimum absolute atomic E-state index is 0.277. The Labute approximate surface area is 85.3 Å². The number of aryl methyl sites for hydroxylation is 1. The molecule has 0 N–H and O–H groups in total. The minimum Gasteiger partial charge on any atom is -0.481 e. The van der Waals surface area contributed by atoms with Gasteiger partial charge in [0.2, 0.25) is 5.88 Å². The van der Waals surface area contributed by atoms with Crippen molar-refractivity contribution >= 4 is 0 Å². The summed E-state index contributed by atoms with van der Waals surface area (Å²) in [6.45, 7) is 5.93. The second kappa shape index (κ2) is 3.71. The molecule has 1 heterocycles. The average Bonchev–Trinajstić information content (AvgIpc) is 2.16. The maximum absolute atomic E-state index is 5.47. The van der Waals surface area contributed by atoms with E-state index in [4.69, 9.17) is 11.2 Å². The summed E-state index contributed by atoms with van der Waals surface area (Å²) < 4.78 is 5.10. The van der Waals surface area contributed by atoms with Crippen molar-refractivity contribution in [1.82, 2.24) is 4.98 Å². The Bertz CT molecular complexity index is 374. The molecular formula is C12H15NO. The predicted octanol–water partition coefficient (Wildman–Crippen LogP) is 2.31. The predicted molar refractivity (Wildman–Crippen MR) is 57.4 cm³/mol. The number of rotatable bonds is 2. The molecule has 0 atom stereocenters. The van der Waals surface area contributed by atoms with Crippen LogP contribution in [-0.4, -0.2) is 12.1 Å². The van der Waals surface area contributed by atoms with Gasteiger partial charge in [-0.3, -0.25) is 0 Å². The van der Waals surface area contributed by atoms with Gasteiger partial charge in [0, 0.05) is 11.8 Å². The second-order valence-corrected chi connectivity index (χ2v) is 3.81. The van der Waals surface area contributed by atoms with Crippen LogP contribution in [0, 0.1) is 19.3 Å².